The molecule has 0 fully saturated rings. The Morgan fingerprint density at radius 3 is 2.82 bits per heavy atom. The van der Waals surface area contributed by atoms with Gasteiger partial charge in [-0.15, -0.1) is 12.4 Å². The minimum Gasteiger partial charge on any atom is -0.365 e. The molecule has 2 heterocycles. The van der Waals surface area contributed by atoms with Gasteiger partial charge in [0.05, 0.1) is 18.4 Å². The van der Waals surface area contributed by atoms with Gasteiger partial charge in [-0.2, -0.15) is 10.2 Å². The molecule has 0 aromatic carbocycles. The smallest absolute Gasteiger partial charge is 0.124 e. The summed E-state index contributed by atoms with van der Waals surface area (Å²) < 4.78 is 3.78. The topological polar surface area (TPSA) is 47.7 Å². The largest absolute Gasteiger partial charge is 0.365 e. The maximum Gasteiger partial charge on any atom is 0.124 e. The third-order valence-electron chi connectivity index (χ3n) is 2.37. The summed E-state index contributed by atoms with van der Waals surface area (Å²) in [4.78, 5) is 0. The summed E-state index contributed by atoms with van der Waals surface area (Å²) in [6.07, 6.45) is 4.84. The molecule has 2 rings (SSSR count). The van der Waals surface area contributed by atoms with Gasteiger partial charge in [-0.3, -0.25) is 4.68 Å². The fourth-order valence-corrected chi connectivity index (χ4v) is 1.61. The van der Waals surface area contributed by atoms with Crippen LogP contribution in [0.25, 0.3) is 0 Å². The van der Waals surface area contributed by atoms with Gasteiger partial charge in [0.2, 0.25) is 0 Å². The zero-order valence-electron chi connectivity index (χ0n) is 10.1. The van der Waals surface area contributed by atoms with Crippen molar-refractivity contribution in [2.45, 2.75) is 26.4 Å². The molecule has 0 aliphatic rings. The number of aryl methyl sites for hydroxylation is 2. The highest BCUT2D eigenvalue weighted by molar-refractivity contribution is 5.85. The van der Waals surface area contributed by atoms with Crippen molar-refractivity contribution in [1.29, 1.82) is 0 Å². The van der Waals surface area contributed by atoms with Crippen molar-refractivity contribution in [3.63, 3.8) is 0 Å². The van der Waals surface area contributed by atoms with Gasteiger partial charge in [-0.25, -0.2) is 4.68 Å². The van der Waals surface area contributed by atoms with E-state index in [9.17, 15) is 0 Å². The van der Waals surface area contributed by atoms with Gasteiger partial charge in [0.1, 0.15) is 5.82 Å². The number of nitrogens with zero attached hydrogens (tertiary/aromatic N) is 4. The van der Waals surface area contributed by atoms with Crippen molar-refractivity contribution in [3.8, 4) is 0 Å². The first-order valence-corrected chi connectivity index (χ1v) is 5.54. The van der Waals surface area contributed by atoms with Crippen LogP contribution in [0.5, 0.6) is 0 Å². The predicted octanol–water partition coefficient (Wildman–Crippen LogP) is 2.06. The van der Waals surface area contributed by atoms with Crippen LogP contribution >= 0.6 is 12.4 Å². The van der Waals surface area contributed by atoms with Crippen molar-refractivity contribution < 1.29 is 0 Å². The molecule has 2 aromatic rings. The molecule has 0 bridgehead atoms. The van der Waals surface area contributed by atoms with E-state index in [0.717, 1.165) is 31.0 Å². The van der Waals surface area contributed by atoms with Crippen LogP contribution in [0.15, 0.2) is 24.5 Å². The number of hydrogen-bond donors (Lipinski definition) is 1. The number of aromatic nitrogens is 4. The SMILES string of the molecule is CCCn1nccc1NCc1ccn(C)n1.Cl. The zero-order valence-corrected chi connectivity index (χ0v) is 10.9. The van der Waals surface area contributed by atoms with Crippen LogP contribution in [0, 0.1) is 0 Å². The fourth-order valence-electron chi connectivity index (χ4n) is 1.61. The van der Waals surface area contributed by atoms with Crippen LogP contribution in [0.1, 0.15) is 19.0 Å². The normalized spacial score (nSPS) is 10.0. The van der Waals surface area contributed by atoms with E-state index in [1.165, 1.54) is 0 Å². The summed E-state index contributed by atoms with van der Waals surface area (Å²) in [5.74, 6) is 1.05. The zero-order chi connectivity index (χ0) is 11.4. The van der Waals surface area contributed by atoms with Gasteiger partial charge in [0.15, 0.2) is 0 Å². The Balaban J connectivity index is 0.00000144. The van der Waals surface area contributed by atoms with E-state index in [4.69, 9.17) is 0 Å². The summed E-state index contributed by atoms with van der Waals surface area (Å²) in [5, 5.41) is 11.9. The van der Waals surface area contributed by atoms with Crippen LogP contribution in [0.3, 0.4) is 0 Å². The maximum absolute atomic E-state index is 4.31. The standard InChI is InChI=1S/C11H17N5.ClH/c1-3-7-16-11(4-6-13-16)12-9-10-5-8-15(2)14-10;/h4-6,8,12H,3,7,9H2,1-2H3;1H. The van der Waals surface area contributed by atoms with Gasteiger partial charge in [-0.1, -0.05) is 6.92 Å². The van der Waals surface area contributed by atoms with Crippen LogP contribution in [0.2, 0.25) is 0 Å². The first-order valence-electron chi connectivity index (χ1n) is 5.54. The summed E-state index contributed by atoms with van der Waals surface area (Å²) in [6.45, 7) is 3.82. The summed E-state index contributed by atoms with van der Waals surface area (Å²) in [7, 11) is 1.92. The second-order valence-corrected chi connectivity index (χ2v) is 3.77. The first-order chi connectivity index (χ1) is 7.79. The Bertz CT molecular complexity index is 448. The highest BCUT2D eigenvalue weighted by Gasteiger charge is 2.02. The quantitative estimate of drug-likeness (QED) is 0.890. The number of halogens is 1. The molecule has 5 nitrogen and oxygen atoms in total. The Morgan fingerprint density at radius 2 is 2.18 bits per heavy atom. The molecule has 0 saturated heterocycles. The summed E-state index contributed by atoms with van der Waals surface area (Å²) in [6, 6.07) is 3.99. The number of rotatable bonds is 5. The Hall–Kier alpha value is -1.49. The van der Waals surface area contributed by atoms with E-state index in [2.05, 4.69) is 22.4 Å². The second kappa shape index (κ2) is 6.30. The molecule has 6 heteroatoms. The summed E-state index contributed by atoms with van der Waals surface area (Å²) in [5.41, 5.74) is 1.03. The van der Waals surface area contributed by atoms with Crippen LogP contribution in [-0.2, 0) is 20.1 Å². The summed E-state index contributed by atoms with van der Waals surface area (Å²) >= 11 is 0. The Morgan fingerprint density at radius 1 is 1.35 bits per heavy atom. The molecule has 2 aromatic heterocycles. The van der Waals surface area contributed by atoms with Crippen LogP contribution in [0.4, 0.5) is 5.82 Å². The van der Waals surface area contributed by atoms with E-state index in [1.54, 1.807) is 4.68 Å². The molecule has 0 amide bonds. The van der Waals surface area contributed by atoms with Crippen molar-refractivity contribution in [2.24, 2.45) is 7.05 Å². The van der Waals surface area contributed by atoms with E-state index in [0.29, 0.717) is 0 Å². The lowest BCUT2D eigenvalue weighted by molar-refractivity contribution is 0.606. The number of anilines is 1. The van der Waals surface area contributed by atoms with Crippen LogP contribution < -0.4 is 5.32 Å². The molecule has 0 aliphatic carbocycles. The van der Waals surface area contributed by atoms with Gasteiger partial charge >= 0.3 is 0 Å². The van der Waals surface area contributed by atoms with Crippen molar-refractivity contribution in [2.75, 3.05) is 5.32 Å². The molecule has 0 aliphatic heterocycles. The lowest BCUT2D eigenvalue weighted by Crippen LogP contribution is -2.08. The molecule has 0 spiro atoms. The van der Waals surface area contributed by atoms with Gasteiger partial charge in [0, 0.05) is 25.9 Å². The van der Waals surface area contributed by atoms with Crippen molar-refractivity contribution >= 4 is 18.2 Å². The number of hydrogen-bond acceptors (Lipinski definition) is 3. The molecule has 0 radical (unpaired) electrons. The molecular weight excluding hydrogens is 238 g/mol. The highest BCUT2D eigenvalue weighted by Crippen LogP contribution is 2.08. The molecular formula is C11H18ClN5. The van der Waals surface area contributed by atoms with E-state index in [1.807, 2.05) is 36.3 Å². The van der Waals surface area contributed by atoms with Gasteiger partial charge in [-0.05, 0) is 12.5 Å². The molecule has 0 saturated carbocycles. The first kappa shape index (κ1) is 13.6. The van der Waals surface area contributed by atoms with Gasteiger partial charge in [0.25, 0.3) is 0 Å². The molecule has 0 atom stereocenters. The fraction of sp³-hybridized carbons (Fsp3) is 0.455. The third kappa shape index (κ3) is 3.49. The predicted molar refractivity (Wildman–Crippen MR) is 70.3 cm³/mol. The highest BCUT2D eigenvalue weighted by atomic mass is 35.5. The minimum atomic E-state index is 0. The molecule has 0 unspecified atom stereocenters. The average molecular weight is 256 g/mol. The second-order valence-electron chi connectivity index (χ2n) is 3.77. The Kier molecular flexibility index (Phi) is 5.03. The van der Waals surface area contributed by atoms with Crippen LogP contribution in [-0.4, -0.2) is 19.6 Å². The third-order valence-corrected chi connectivity index (χ3v) is 2.37. The lowest BCUT2D eigenvalue weighted by atomic mass is 10.4. The Labute approximate surface area is 107 Å². The maximum atomic E-state index is 4.31. The molecule has 94 valence electrons. The van der Waals surface area contributed by atoms with Crippen molar-refractivity contribution in [3.05, 3.63) is 30.2 Å². The number of nitrogens with one attached hydrogen (secondary N) is 1. The van der Waals surface area contributed by atoms with E-state index >= 15 is 0 Å². The van der Waals surface area contributed by atoms with Gasteiger partial charge < -0.3 is 5.32 Å². The average Bonchev–Trinajstić information content (AvgIpc) is 2.85. The van der Waals surface area contributed by atoms with E-state index < -0.39 is 0 Å². The molecule has 17 heavy (non-hydrogen) atoms. The molecule has 1 N–H and O–H groups in total. The monoisotopic (exact) mass is 255 g/mol. The van der Waals surface area contributed by atoms with E-state index in [-0.39, 0.29) is 12.4 Å². The lowest BCUT2D eigenvalue weighted by Gasteiger charge is -2.07. The minimum absolute atomic E-state index is 0. The van der Waals surface area contributed by atoms with Crippen molar-refractivity contribution in [1.82, 2.24) is 19.6 Å².